The Balaban J connectivity index is 2.39. The maximum atomic E-state index is 12.2. The highest BCUT2D eigenvalue weighted by molar-refractivity contribution is 7.92. The van der Waals surface area contributed by atoms with E-state index in [-0.39, 0.29) is 16.2 Å². The lowest BCUT2D eigenvalue weighted by atomic mass is 10.2. The van der Waals surface area contributed by atoms with E-state index in [1.165, 1.54) is 17.4 Å². The van der Waals surface area contributed by atoms with E-state index in [4.69, 9.17) is 5.73 Å². The number of amides is 1. The van der Waals surface area contributed by atoms with Crippen molar-refractivity contribution in [2.75, 3.05) is 4.72 Å². The first-order valence-corrected chi connectivity index (χ1v) is 7.86. The van der Waals surface area contributed by atoms with E-state index in [2.05, 4.69) is 4.72 Å². The van der Waals surface area contributed by atoms with E-state index in [0.717, 1.165) is 17.0 Å². The lowest BCUT2D eigenvalue weighted by Gasteiger charge is -2.08. The largest absolute Gasteiger partial charge is 0.507 e. The third-order valence-corrected chi connectivity index (χ3v) is 4.77. The van der Waals surface area contributed by atoms with Gasteiger partial charge in [-0.05, 0) is 31.2 Å². The van der Waals surface area contributed by atoms with E-state index < -0.39 is 15.9 Å². The van der Waals surface area contributed by atoms with Crippen molar-refractivity contribution >= 4 is 33.0 Å². The first-order valence-electron chi connectivity index (χ1n) is 5.50. The lowest BCUT2D eigenvalue weighted by molar-refractivity contribution is 0.0997. The Bertz CT molecular complexity index is 766. The Morgan fingerprint density at radius 2 is 2.05 bits per heavy atom. The quantitative estimate of drug-likeness (QED) is 0.797. The number of anilines is 1. The number of benzene rings is 1. The van der Waals surface area contributed by atoms with Crippen molar-refractivity contribution in [1.82, 2.24) is 0 Å². The maximum Gasteiger partial charge on any atom is 0.261 e. The number of rotatable bonds is 4. The molecule has 0 radical (unpaired) electrons. The number of thiophene rings is 1. The summed E-state index contributed by atoms with van der Waals surface area (Å²) in [6.07, 6.45) is 0. The molecule has 20 heavy (non-hydrogen) atoms. The van der Waals surface area contributed by atoms with Crippen LogP contribution in [0.1, 0.15) is 15.2 Å². The molecule has 106 valence electrons. The van der Waals surface area contributed by atoms with Crippen molar-refractivity contribution in [1.29, 1.82) is 0 Å². The van der Waals surface area contributed by atoms with E-state index in [0.29, 0.717) is 5.69 Å². The van der Waals surface area contributed by atoms with Gasteiger partial charge in [0.25, 0.3) is 15.9 Å². The standard InChI is InChI=1S/C12H12N2O4S2/c1-7-4-8(6-19-7)14-20(17,18)9-2-3-11(15)10(5-9)12(13)16/h2-6,14-15H,1H3,(H2,13,16). The summed E-state index contributed by atoms with van der Waals surface area (Å²) in [6.45, 7) is 1.86. The first-order chi connectivity index (χ1) is 9.29. The van der Waals surface area contributed by atoms with Gasteiger partial charge in [-0.25, -0.2) is 8.42 Å². The Kier molecular flexibility index (Phi) is 3.69. The van der Waals surface area contributed by atoms with Crippen molar-refractivity contribution in [3.63, 3.8) is 0 Å². The Labute approximate surface area is 119 Å². The molecule has 1 heterocycles. The van der Waals surface area contributed by atoms with Crippen LogP contribution >= 0.6 is 11.3 Å². The number of primary amides is 1. The number of nitrogens with two attached hydrogens (primary N) is 1. The Hall–Kier alpha value is -2.06. The highest BCUT2D eigenvalue weighted by Crippen LogP contribution is 2.24. The molecule has 1 amide bonds. The van der Waals surface area contributed by atoms with Crippen LogP contribution in [0.15, 0.2) is 34.5 Å². The van der Waals surface area contributed by atoms with Crippen LogP contribution in [0.3, 0.4) is 0 Å². The molecule has 0 unspecified atom stereocenters. The van der Waals surface area contributed by atoms with Crippen molar-refractivity contribution in [3.8, 4) is 5.75 Å². The minimum Gasteiger partial charge on any atom is -0.507 e. The van der Waals surface area contributed by atoms with Gasteiger partial charge in [0, 0.05) is 10.3 Å². The molecule has 4 N–H and O–H groups in total. The molecule has 0 fully saturated rings. The van der Waals surface area contributed by atoms with Crippen LogP contribution in [0, 0.1) is 6.92 Å². The van der Waals surface area contributed by atoms with Crippen LogP contribution < -0.4 is 10.5 Å². The molecular weight excluding hydrogens is 300 g/mol. The van der Waals surface area contributed by atoms with Gasteiger partial charge in [-0.2, -0.15) is 0 Å². The summed E-state index contributed by atoms with van der Waals surface area (Å²) in [5.41, 5.74) is 5.27. The van der Waals surface area contributed by atoms with Crippen LogP contribution in [-0.2, 0) is 10.0 Å². The van der Waals surface area contributed by atoms with Crippen LogP contribution in [0.2, 0.25) is 0 Å². The molecule has 0 aliphatic rings. The maximum absolute atomic E-state index is 12.2. The SMILES string of the molecule is Cc1cc(NS(=O)(=O)c2ccc(O)c(C(N)=O)c2)cs1. The molecule has 2 aromatic rings. The topological polar surface area (TPSA) is 109 Å². The van der Waals surface area contributed by atoms with Crippen LogP contribution in [0.25, 0.3) is 0 Å². The second kappa shape index (κ2) is 5.14. The molecule has 1 aromatic carbocycles. The predicted octanol–water partition coefficient (Wildman–Crippen LogP) is 1.66. The molecule has 0 atom stereocenters. The molecule has 0 saturated carbocycles. The predicted molar refractivity (Wildman–Crippen MR) is 76.5 cm³/mol. The number of carbonyl (C=O) groups excluding carboxylic acids is 1. The minimum absolute atomic E-state index is 0.145. The zero-order valence-electron chi connectivity index (χ0n) is 10.5. The average Bonchev–Trinajstić information content (AvgIpc) is 2.73. The first kappa shape index (κ1) is 14.4. The fourth-order valence-corrected chi connectivity index (χ4v) is 3.37. The third kappa shape index (κ3) is 2.91. The van der Waals surface area contributed by atoms with Gasteiger partial charge in [0.2, 0.25) is 0 Å². The van der Waals surface area contributed by atoms with Gasteiger partial charge < -0.3 is 10.8 Å². The van der Waals surface area contributed by atoms with E-state index >= 15 is 0 Å². The van der Waals surface area contributed by atoms with Crippen LogP contribution in [-0.4, -0.2) is 19.4 Å². The summed E-state index contributed by atoms with van der Waals surface area (Å²) in [6, 6.07) is 5.05. The Morgan fingerprint density at radius 3 is 2.60 bits per heavy atom. The number of carbonyl (C=O) groups is 1. The molecule has 6 nitrogen and oxygen atoms in total. The van der Waals surface area contributed by atoms with E-state index in [1.54, 1.807) is 11.4 Å². The summed E-state index contributed by atoms with van der Waals surface area (Å²) in [5, 5.41) is 11.1. The number of hydrogen-bond donors (Lipinski definition) is 3. The normalized spacial score (nSPS) is 11.2. The molecular formula is C12H12N2O4S2. The van der Waals surface area contributed by atoms with Crippen LogP contribution in [0.5, 0.6) is 5.75 Å². The van der Waals surface area contributed by atoms with Crippen molar-refractivity contribution in [2.24, 2.45) is 5.73 Å². The summed E-state index contributed by atoms with van der Waals surface area (Å²) < 4.78 is 26.7. The summed E-state index contributed by atoms with van der Waals surface area (Å²) in [4.78, 5) is 11.9. The number of sulfonamides is 1. The highest BCUT2D eigenvalue weighted by Gasteiger charge is 2.18. The second-order valence-corrected chi connectivity index (χ2v) is 6.89. The van der Waals surface area contributed by atoms with Crippen molar-refractivity contribution in [3.05, 3.63) is 40.1 Å². The van der Waals surface area contributed by atoms with Crippen molar-refractivity contribution < 1.29 is 18.3 Å². The fraction of sp³-hybridized carbons (Fsp3) is 0.0833. The second-order valence-electron chi connectivity index (χ2n) is 4.09. The summed E-state index contributed by atoms with van der Waals surface area (Å²) in [7, 11) is -3.83. The number of aryl methyl sites for hydroxylation is 1. The average molecular weight is 312 g/mol. The molecule has 2 rings (SSSR count). The number of aromatic hydroxyl groups is 1. The van der Waals surface area contributed by atoms with Crippen LogP contribution in [0.4, 0.5) is 5.69 Å². The molecule has 0 aliphatic heterocycles. The van der Waals surface area contributed by atoms with Crippen molar-refractivity contribution in [2.45, 2.75) is 11.8 Å². The highest BCUT2D eigenvalue weighted by atomic mass is 32.2. The summed E-state index contributed by atoms with van der Waals surface area (Å²) >= 11 is 1.41. The van der Waals surface area contributed by atoms with Gasteiger partial charge in [0.15, 0.2) is 0 Å². The minimum atomic E-state index is -3.83. The van der Waals surface area contributed by atoms with Gasteiger partial charge in [-0.3, -0.25) is 9.52 Å². The number of nitrogens with one attached hydrogen (secondary N) is 1. The van der Waals surface area contributed by atoms with Gasteiger partial charge in [-0.15, -0.1) is 11.3 Å². The van der Waals surface area contributed by atoms with Gasteiger partial charge in [-0.1, -0.05) is 0 Å². The molecule has 1 aromatic heterocycles. The van der Waals surface area contributed by atoms with Gasteiger partial charge >= 0.3 is 0 Å². The zero-order chi connectivity index (χ0) is 14.9. The number of phenols is 1. The number of hydrogen-bond acceptors (Lipinski definition) is 5. The fourth-order valence-electron chi connectivity index (χ4n) is 1.59. The molecule has 0 spiro atoms. The summed E-state index contributed by atoms with van der Waals surface area (Å²) in [5.74, 6) is -1.26. The molecule has 8 heteroatoms. The zero-order valence-corrected chi connectivity index (χ0v) is 12.1. The lowest BCUT2D eigenvalue weighted by Crippen LogP contribution is -2.15. The monoisotopic (exact) mass is 312 g/mol. The van der Waals surface area contributed by atoms with E-state index in [1.807, 2.05) is 6.92 Å². The smallest absolute Gasteiger partial charge is 0.261 e. The van der Waals surface area contributed by atoms with E-state index in [9.17, 15) is 18.3 Å². The van der Waals surface area contributed by atoms with Gasteiger partial charge in [0.05, 0.1) is 16.1 Å². The molecule has 0 aliphatic carbocycles. The third-order valence-electron chi connectivity index (χ3n) is 2.53. The molecule has 0 bridgehead atoms. The Morgan fingerprint density at radius 1 is 1.35 bits per heavy atom. The van der Waals surface area contributed by atoms with Gasteiger partial charge in [0.1, 0.15) is 5.75 Å². The molecule has 0 saturated heterocycles.